The van der Waals surface area contributed by atoms with Gasteiger partial charge in [0.05, 0.1) is 30.8 Å². The molecule has 8 heteroatoms. The molecule has 0 saturated carbocycles. The quantitative estimate of drug-likeness (QED) is 0.397. The zero-order valence-corrected chi connectivity index (χ0v) is 19.7. The fourth-order valence-electron chi connectivity index (χ4n) is 4.24. The van der Waals surface area contributed by atoms with Gasteiger partial charge in [-0.1, -0.05) is 0 Å². The lowest BCUT2D eigenvalue weighted by atomic mass is 10.1. The average Bonchev–Trinajstić information content (AvgIpc) is 3.37. The molecule has 2 heterocycles. The largest absolute Gasteiger partial charge is 0.497 e. The van der Waals surface area contributed by atoms with Gasteiger partial charge in [-0.15, -0.1) is 0 Å². The molecule has 180 valence electrons. The van der Waals surface area contributed by atoms with E-state index in [0.29, 0.717) is 13.2 Å². The molecule has 1 amide bonds. The number of rotatable bonds is 10. The maximum Gasteiger partial charge on any atom is 0.225 e. The van der Waals surface area contributed by atoms with Crippen molar-refractivity contribution in [2.24, 2.45) is 5.92 Å². The Hall–Kier alpha value is -3.36. The second kappa shape index (κ2) is 11.2. The molecule has 8 nitrogen and oxygen atoms in total. The third-order valence-electron chi connectivity index (χ3n) is 6.08. The van der Waals surface area contributed by atoms with Gasteiger partial charge in [0.1, 0.15) is 18.1 Å². The molecule has 1 unspecified atom stereocenters. The van der Waals surface area contributed by atoms with Crippen LogP contribution >= 0.6 is 0 Å². The second-order valence-electron chi connectivity index (χ2n) is 8.33. The van der Waals surface area contributed by atoms with Crippen LogP contribution in [-0.2, 0) is 4.79 Å². The van der Waals surface area contributed by atoms with Crippen LogP contribution in [0.5, 0.6) is 11.5 Å². The lowest BCUT2D eigenvalue weighted by molar-refractivity contribution is -0.124. The number of carbonyl (C=O) groups is 1. The van der Waals surface area contributed by atoms with Crippen molar-refractivity contribution in [2.45, 2.75) is 6.42 Å². The molecule has 1 fully saturated rings. The van der Waals surface area contributed by atoms with E-state index in [-0.39, 0.29) is 25.0 Å². The van der Waals surface area contributed by atoms with Crippen molar-refractivity contribution >= 4 is 22.5 Å². The van der Waals surface area contributed by atoms with E-state index in [1.807, 2.05) is 49.5 Å². The van der Waals surface area contributed by atoms with Crippen LogP contribution in [0.1, 0.15) is 6.42 Å². The Balaban J connectivity index is 1.64. The summed E-state index contributed by atoms with van der Waals surface area (Å²) in [5.41, 5.74) is 3.73. The van der Waals surface area contributed by atoms with Crippen molar-refractivity contribution in [3.05, 3.63) is 48.5 Å². The van der Waals surface area contributed by atoms with Gasteiger partial charge in [-0.2, -0.15) is 0 Å². The summed E-state index contributed by atoms with van der Waals surface area (Å²) >= 11 is 0. The van der Waals surface area contributed by atoms with E-state index < -0.39 is 0 Å². The minimum atomic E-state index is -0.106. The summed E-state index contributed by atoms with van der Waals surface area (Å²) in [6.07, 6.45) is 0.769. The number of aliphatic hydroxyl groups excluding tert-OH is 1. The highest BCUT2D eigenvalue weighted by Crippen LogP contribution is 2.35. The van der Waals surface area contributed by atoms with Crippen LogP contribution in [0, 0.1) is 5.92 Å². The van der Waals surface area contributed by atoms with E-state index in [1.54, 1.807) is 7.11 Å². The van der Waals surface area contributed by atoms with Crippen LogP contribution in [0.25, 0.3) is 22.2 Å². The maximum absolute atomic E-state index is 12.4. The molecule has 3 N–H and O–H groups in total. The average molecular weight is 465 g/mol. The molecule has 2 aromatic carbocycles. The Morgan fingerprint density at radius 1 is 1.15 bits per heavy atom. The van der Waals surface area contributed by atoms with E-state index >= 15 is 0 Å². The summed E-state index contributed by atoms with van der Waals surface area (Å²) in [5.74, 6) is 1.45. The number of methoxy groups -OCH3 is 1. The third-order valence-corrected chi connectivity index (χ3v) is 6.08. The van der Waals surface area contributed by atoms with Crippen LogP contribution in [0.3, 0.4) is 0 Å². The highest BCUT2D eigenvalue weighted by molar-refractivity contribution is 5.95. The van der Waals surface area contributed by atoms with Gasteiger partial charge in [0.15, 0.2) is 0 Å². The molecule has 0 spiro atoms. The highest BCUT2D eigenvalue weighted by Gasteiger charge is 2.29. The van der Waals surface area contributed by atoms with E-state index in [4.69, 9.17) is 19.6 Å². The number of aliphatic hydroxyl groups is 1. The second-order valence-corrected chi connectivity index (χ2v) is 8.33. The normalized spacial score (nSPS) is 15.5. The molecule has 0 radical (unpaired) electrons. The predicted molar refractivity (Wildman–Crippen MR) is 134 cm³/mol. The molecule has 0 bridgehead atoms. The maximum atomic E-state index is 12.4. The molecular formula is C26H32N4O4. The Morgan fingerprint density at radius 2 is 1.94 bits per heavy atom. The number of aromatic nitrogens is 1. The van der Waals surface area contributed by atoms with Gasteiger partial charge in [-0.25, -0.2) is 4.98 Å². The first-order valence-corrected chi connectivity index (χ1v) is 11.6. The first kappa shape index (κ1) is 23.8. The van der Waals surface area contributed by atoms with Gasteiger partial charge < -0.3 is 30.1 Å². The number of anilines is 1. The summed E-state index contributed by atoms with van der Waals surface area (Å²) in [4.78, 5) is 19.6. The van der Waals surface area contributed by atoms with Crippen LogP contribution in [0.15, 0.2) is 48.5 Å². The summed E-state index contributed by atoms with van der Waals surface area (Å²) < 4.78 is 11.2. The zero-order chi connectivity index (χ0) is 23.9. The molecule has 3 aromatic rings. The van der Waals surface area contributed by atoms with E-state index in [9.17, 15) is 4.79 Å². The van der Waals surface area contributed by atoms with Crippen LogP contribution in [-0.4, -0.2) is 69.5 Å². The summed E-state index contributed by atoms with van der Waals surface area (Å²) in [6, 6.07) is 16.0. The number of carbonyl (C=O) groups excluding carboxylic acids is 1. The number of nitrogens with zero attached hydrogens (tertiary/aromatic N) is 2. The van der Waals surface area contributed by atoms with Crippen molar-refractivity contribution in [2.75, 3.05) is 58.5 Å². The van der Waals surface area contributed by atoms with Crippen LogP contribution < -0.4 is 25.0 Å². The van der Waals surface area contributed by atoms with Crippen molar-refractivity contribution in [1.82, 2.24) is 15.6 Å². The number of hydrogen-bond donors (Lipinski definition) is 3. The number of amides is 1. The van der Waals surface area contributed by atoms with Crippen LogP contribution in [0.2, 0.25) is 0 Å². The van der Waals surface area contributed by atoms with Gasteiger partial charge in [0.2, 0.25) is 5.91 Å². The highest BCUT2D eigenvalue weighted by atomic mass is 16.5. The van der Waals surface area contributed by atoms with Crippen molar-refractivity contribution in [1.29, 1.82) is 0 Å². The van der Waals surface area contributed by atoms with Gasteiger partial charge in [0.25, 0.3) is 0 Å². The first-order valence-electron chi connectivity index (χ1n) is 11.6. The fourth-order valence-corrected chi connectivity index (χ4v) is 4.24. The van der Waals surface area contributed by atoms with E-state index in [0.717, 1.165) is 58.9 Å². The smallest absolute Gasteiger partial charge is 0.225 e. The van der Waals surface area contributed by atoms with Gasteiger partial charge in [0, 0.05) is 48.9 Å². The third kappa shape index (κ3) is 5.40. The van der Waals surface area contributed by atoms with Crippen molar-refractivity contribution in [3.63, 3.8) is 0 Å². The zero-order valence-electron chi connectivity index (χ0n) is 19.7. The topological polar surface area (TPSA) is 96.0 Å². The molecule has 1 aromatic heterocycles. The number of likely N-dealkylation sites (N-methyl/N-ethyl adjacent to an activating group) is 1. The Morgan fingerprint density at radius 3 is 2.68 bits per heavy atom. The lowest BCUT2D eigenvalue weighted by Crippen LogP contribution is -2.34. The molecule has 0 aliphatic carbocycles. The first-order chi connectivity index (χ1) is 16.6. The predicted octanol–water partition coefficient (Wildman–Crippen LogP) is 2.44. The minimum Gasteiger partial charge on any atom is -0.497 e. The standard InChI is InChI=1S/C26H32N4O4/c1-27-11-14-34-20-5-3-18(4-6-20)23-16-25(22-8-7-21(33-2)15-24(22)29-23)30-12-9-19(17-30)26(32)28-10-13-31/h3-8,15-16,19,27,31H,9-14,17H2,1-2H3,(H,28,32). The molecule has 1 aliphatic heterocycles. The Bertz CT molecular complexity index is 1120. The van der Waals surface area contributed by atoms with E-state index in [2.05, 4.69) is 21.6 Å². The van der Waals surface area contributed by atoms with Gasteiger partial charge in [-0.3, -0.25) is 4.79 Å². The number of benzene rings is 2. The Kier molecular flexibility index (Phi) is 7.82. The number of hydrogen-bond acceptors (Lipinski definition) is 7. The molecular weight excluding hydrogens is 432 g/mol. The van der Waals surface area contributed by atoms with Gasteiger partial charge >= 0.3 is 0 Å². The summed E-state index contributed by atoms with van der Waals surface area (Å²) in [5, 5.41) is 15.9. The molecule has 1 saturated heterocycles. The molecule has 34 heavy (non-hydrogen) atoms. The summed E-state index contributed by atoms with van der Waals surface area (Å²) in [6.45, 7) is 3.03. The Labute approximate surface area is 199 Å². The monoisotopic (exact) mass is 464 g/mol. The molecule has 4 rings (SSSR count). The number of pyridine rings is 1. The SMILES string of the molecule is CNCCOc1ccc(-c2cc(N3CCC(C(=O)NCCO)C3)c3ccc(OC)cc3n2)cc1. The lowest BCUT2D eigenvalue weighted by Gasteiger charge is -2.22. The number of nitrogens with one attached hydrogen (secondary N) is 2. The molecule has 1 atom stereocenters. The fraction of sp³-hybridized carbons (Fsp3) is 0.385. The van der Waals surface area contributed by atoms with Crippen molar-refractivity contribution < 1.29 is 19.4 Å². The van der Waals surface area contributed by atoms with Crippen molar-refractivity contribution in [3.8, 4) is 22.8 Å². The minimum absolute atomic E-state index is 0.00864. The van der Waals surface area contributed by atoms with Gasteiger partial charge in [-0.05, 0) is 55.9 Å². The number of ether oxygens (including phenoxy) is 2. The number of fused-ring (bicyclic) bond motifs is 1. The van der Waals surface area contributed by atoms with Crippen LogP contribution in [0.4, 0.5) is 5.69 Å². The van der Waals surface area contributed by atoms with E-state index in [1.165, 1.54) is 0 Å². The summed E-state index contributed by atoms with van der Waals surface area (Å²) in [7, 11) is 3.54. The molecule has 1 aliphatic rings.